The van der Waals surface area contributed by atoms with E-state index in [1.54, 1.807) is 24.4 Å². The molecule has 0 amide bonds. The summed E-state index contributed by atoms with van der Waals surface area (Å²) >= 11 is 11.9. The molecule has 3 rings (SSSR count). The minimum atomic E-state index is -4.69. The van der Waals surface area contributed by atoms with Crippen molar-refractivity contribution < 1.29 is 22.7 Å². The number of halogens is 5. The van der Waals surface area contributed by atoms with Crippen molar-refractivity contribution in [1.82, 2.24) is 9.97 Å². The van der Waals surface area contributed by atoms with E-state index >= 15 is 0 Å². The molecule has 0 aliphatic rings. The number of hydrogen-bond acceptors (Lipinski definition) is 4. The van der Waals surface area contributed by atoms with Crippen LogP contribution in [0.25, 0.3) is 10.9 Å². The Labute approximate surface area is 161 Å². The molecule has 0 saturated heterocycles. The Morgan fingerprint density at radius 1 is 1.15 bits per heavy atom. The number of alkyl halides is 3. The van der Waals surface area contributed by atoms with Gasteiger partial charge in [-0.05, 0) is 35.9 Å². The van der Waals surface area contributed by atoms with Crippen molar-refractivity contribution in [2.24, 2.45) is 0 Å². The summed E-state index contributed by atoms with van der Waals surface area (Å²) in [5, 5.41) is 0.444. The van der Waals surface area contributed by atoms with Crippen LogP contribution < -0.4 is 0 Å². The first-order chi connectivity index (χ1) is 12.7. The Bertz CT molecular complexity index is 995. The smallest absolute Gasteiger partial charge is 0.433 e. The van der Waals surface area contributed by atoms with E-state index in [4.69, 9.17) is 27.9 Å². The molecule has 140 valence electrons. The van der Waals surface area contributed by atoms with Gasteiger partial charge >= 0.3 is 12.1 Å². The van der Waals surface area contributed by atoms with Gasteiger partial charge < -0.3 is 4.74 Å². The van der Waals surface area contributed by atoms with Gasteiger partial charge in [-0.25, -0.2) is 4.98 Å². The lowest BCUT2D eigenvalue weighted by molar-refractivity contribution is -0.145. The highest BCUT2D eigenvalue weighted by atomic mass is 35.5. The highest BCUT2D eigenvalue weighted by Crippen LogP contribution is 2.35. The molecule has 0 spiro atoms. The Hall–Kier alpha value is -2.38. The van der Waals surface area contributed by atoms with Crippen molar-refractivity contribution in [3.8, 4) is 0 Å². The second-order valence-corrected chi connectivity index (χ2v) is 6.45. The third-order valence-corrected chi connectivity index (χ3v) is 4.16. The molecule has 0 unspecified atom stereocenters. The Morgan fingerprint density at radius 3 is 2.59 bits per heavy atom. The second-order valence-electron chi connectivity index (χ2n) is 5.61. The van der Waals surface area contributed by atoms with Gasteiger partial charge in [0.05, 0.1) is 22.7 Å². The molecule has 0 aliphatic heterocycles. The Balaban J connectivity index is 1.93. The number of nitrogens with zero attached hydrogens (tertiary/aromatic N) is 2. The number of aromatic nitrogens is 2. The lowest BCUT2D eigenvalue weighted by Gasteiger charge is -2.13. The first kappa shape index (κ1) is 19.4. The first-order valence-electron chi connectivity index (χ1n) is 7.65. The van der Waals surface area contributed by atoms with Gasteiger partial charge in [0, 0.05) is 16.6 Å². The zero-order valence-electron chi connectivity index (χ0n) is 13.6. The third-order valence-electron chi connectivity index (χ3n) is 3.65. The Kier molecular flexibility index (Phi) is 5.53. The number of carbonyl (C=O) groups is 1. The predicted molar refractivity (Wildman–Crippen MR) is 94.5 cm³/mol. The zero-order chi connectivity index (χ0) is 19.6. The molecule has 4 nitrogen and oxygen atoms in total. The van der Waals surface area contributed by atoms with E-state index in [-0.39, 0.29) is 33.1 Å². The van der Waals surface area contributed by atoms with Gasteiger partial charge in [0.2, 0.25) is 0 Å². The van der Waals surface area contributed by atoms with Gasteiger partial charge in [0.25, 0.3) is 0 Å². The second kappa shape index (κ2) is 7.70. The van der Waals surface area contributed by atoms with E-state index in [9.17, 15) is 18.0 Å². The summed E-state index contributed by atoms with van der Waals surface area (Å²) in [5.74, 6) is -0.711. The quantitative estimate of drug-likeness (QED) is 0.547. The number of carbonyl (C=O) groups excluding carboxylic acids is 1. The summed E-state index contributed by atoms with van der Waals surface area (Å²) in [6, 6.07) is 8.61. The lowest BCUT2D eigenvalue weighted by Crippen LogP contribution is -2.13. The van der Waals surface area contributed by atoms with E-state index in [1.807, 2.05) is 0 Å². The fraction of sp³-hybridized carbons (Fsp3) is 0.167. The molecular formula is C18H11Cl2F3N2O2. The van der Waals surface area contributed by atoms with E-state index in [0.29, 0.717) is 5.69 Å². The van der Waals surface area contributed by atoms with Crippen LogP contribution in [0.2, 0.25) is 10.0 Å². The molecule has 1 aromatic carbocycles. The number of benzene rings is 1. The van der Waals surface area contributed by atoms with Crippen LogP contribution in [-0.4, -0.2) is 15.9 Å². The van der Waals surface area contributed by atoms with Crippen LogP contribution in [0, 0.1) is 0 Å². The maximum Gasteiger partial charge on any atom is 0.433 e. The van der Waals surface area contributed by atoms with E-state index in [2.05, 4.69) is 9.97 Å². The first-order valence-corrected chi connectivity index (χ1v) is 8.41. The summed E-state index contributed by atoms with van der Waals surface area (Å²) in [7, 11) is 0. The molecule has 0 saturated carbocycles. The summed E-state index contributed by atoms with van der Waals surface area (Å²) in [6.07, 6.45) is -3.55. The van der Waals surface area contributed by atoms with Crippen molar-refractivity contribution >= 4 is 40.1 Å². The third kappa shape index (κ3) is 4.67. The molecule has 27 heavy (non-hydrogen) atoms. The number of pyridine rings is 2. The van der Waals surface area contributed by atoms with Crippen LogP contribution in [0.15, 0.2) is 42.6 Å². The van der Waals surface area contributed by atoms with Gasteiger partial charge in [-0.3, -0.25) is 9.78 Å². The average molecular weight is 415 g/mol. The van der Waals surface area contributed by atoms with Crippen LogP contribution in [0.4, 0.5) is 13.2 Å². The zero-order valence-corrected chi connectivity index (χ0v) is 15.1. The van der Waals surface area contributed by atoms with Gasteiger partial charge in [0.15, 0.2) is 0 Å². The average Bonchev–Trinajstić information content (AvgIpc) is 2.60. The van der Waals surface area contributed by atoms with Gasteiger partial charge in [-0.2, -0.15) is 13.2 Å². The maximum absolute atomic E-state index is 13.2. The highest BCUT2D eigenvalue weighted by Gasteiger charge is 2.34. The van der Waals surface area contributed by atoms with E-state index in [1.165, 1.54) is 12.1 Å². The summed E-state index contributed by atoms with van der Waals surface area (Å²) in [6.45, 7) is -0.0870. The topological polar surface area (TPSA) is 52.1 Å². The molecule has 2 aromatic heterocycles. The summed E-state index contributed by atoms with van der Waals surface area (Å²) < 4.78 is 44.6. The van der Waals surface area contributed by atoms with Crippen molar-refractivity contribution in [2.45, 2.75) is 19.2 Å². The largest absolute Gasteiger partial charge is 0.459 e. The molecule has 3 aromatic rings. The molecule has 9 heteroatoms. The van der Waals surface area contributed by atoms with Crippen LogP contribution in [0.1, 0.15) is 17.0 Å². The number of hydrogen-bond donors (Lipinski definition) is 0. The standard InChI is InChI=1S/C18H11Cl2F3N2O2/c19-11-7-13-10(6-16(26)27-9-12-3-1-2-4-24-12)5-15(18(21,22)23)25-17(13)14(20)8-11/h1-5,7-8H,6,9H2. The van der Waals surface area contributed by atoms with Crippen LogP contribution in [-0.2, 0) is 28.7 Å². The molecule has 0 atom stereocenters. The number of esters is 1. The SMILES string of the molecule is O=C(Cc1cc(C(F)(F)F)nc2c(Cl)cc(Cl)cc12)OCc1ccccn1. The van der Waals surface area contributed by atoms with Crippen molar-refractivity contribution in [1.29, 1.82) is 0 Å². The fourth-order valence-electron chi connectivity index (χ4n) is 2.46. The molecule has 0 bridgehead atoms. The molecule has 0 N–H and O–H groups in total. The van der Waals surface area contributed by atoms with Crippen LogP contribution in [0.3, 0.4) is 0 Å². The molecule has 0 aliphatic carbocycles. The molecule has 0 fully saturated rings. The highest BCUT2D eigenvalue weighted by molar-refractivity contribution is 6.38. The number of rotatable bonds is 4. The Morgan fingerprint density at radius 2 is 1.93 bits per heavy atom. The lowest BCUT2D eigenvalue weighted by atomic mass is 10.0. The molecule has 2 heterocycles. The fourth-order valence-corrected chi connectivity index (χ4v) is 2.99. The predicted octanol–water partition coefficient (Wildman–Crippen LogP) is 5.24. The van der Waals surface area contributed by atoms with Crippen molar-refractivity contribution in [3.63, 3.8) is 0 Å². The van der Waals surface area contributed by atoms with Gasteiger partial charge in [-0.1, -0.05) is 29.3 Å². The van der Waals surface area contributed by atoms with Crippen LogP contribution >= 0.6 is 23.2 Å². The van der Waals surface area contributed by atoms with Gasteiger partial charge in [0.1, 0.15) is 12.3 Å². The summed E-state index contributed by atoms with van der Waals surface area (Å²) in [5.41, 5.74) is -0.634. The van der Waals surface area contributed by atoms with Gasteiger partial charge in [-0.15, -0.1) is 0 Å². The monoisotopic (exact) mass is 414 g/mol. The number of ether oxygens (including phenoxy) is 1. The minimum Gasteiger partial charge on any atom is -0.459 e. The summed E-state index contributed by atoms with van der Waals surface area (Å²) in [4.78, 5) is 19.7. The molecule has 0 radical (unpaired) electrons. The maximum atomic E-state index is 13.2. The normalized spacial score (nSPS) is 11.6. The van der Waals surface area contributed by atoms with E-state index < -0.39 is 24.3 Å². The van der Waals surface area contributed by atoms with Crippen molar-refractivity contribution in [2.75, 3.05) is 0 Å². The van der Waals surface area contributed by atoms with Crippen molar-refractivity contribution in [3.05, 3.63) is 69.6 Å². The minimum absolute atomic E-state index is 0.0355. The molecular weight excluding hydrogens is 404 g/mol. The number of fused-ring (bicyclic) bond motifs is 1. The van der Waals surface area contributed by atoms with E-state index in [0.717, 1.165) is 6.07 Å². The van der Waals surface area contributed by atoms with Crippen LogP contribution in [0.5, 0.6) is 0 Å².